The van der Waals surface area contributed by atoms with E-state index in [1.54, 1.807) is 0 Å². The van der Waals surface area contributed by atoms with Gasteiger partial charge in [0.05, 0.1) is 11.0 Å². The lowest BCUT2D eigenvalue weighted by Crippen LogP contribution is -2.46. The minimum Gasteiger partial charge on any atom is -0.285 e. The third-order valence-corrected chi connectivity index (χ3v) is 5.76. The summed E-state index contributed by atoms with van der Waals surface area (Å²) in [7, 11) is 2.81. The van der Waals surface area contributed by atoms with E-state index in [0.717, 1.165) is 48.1 Å². The van der Waals surface area contributed by atoms with Gasteiger partial charge in [-0.2, -0.15) is 0 Å². The standard InChI is InChI=1S/C20H21N6P.C2H6/c27-25-13-11-24(12-14-25)20(26-18-9-2-1-8-17(18)22-23-26)16-7-3-5-15-6-4-10-21-19(15)16;1-2/h1-10,20H,11-14,27H2;1-2H3. The van der Waals surface area contributed by atoms with E-state index in [1.165, 1.54) is 5.56 Å². The Morgan fingerprint density at radius 1 is 0.897 bits per heavy atom. The molecule has 2 aromatic carbocycles. The molecule has 1 aliphatic heterocycles. The maximum atomic E-state index is 4.70. The number of pyridine rings is 1. The maximum Gasteiger partial charge on any atom is 0.134 e. The van der Waals surface area contributed by atoms with Gasteiger partial charge in [-0.25, -0.2) is 4.68 Å². The Morgan fingerprint density at radius 2 is 1.66 bits per heavy atom. The first kappa shape index (κ1) is 19.9. The van der Waals surface area contributed by atoms with Crippen LogP contribution in [0.2, 0.25) is 0 Å². The van der Waals surface area contributed by atoms with Crippen LogP contribution in [0.1, 0.15) is 25.6 Å². The van der Waals surface area contributed by atoms with Crippen molar-refractivity contribution >= 4 is 31.3 Å². The van der Waals surface area contributed by atoms with Gasteiger partial charge in [-0.3, -0.25) is 14.6 Å². The molecule has 150 valence electrons. The SMILES string of the molecule is CC.PN1CCN(C(c2cccc3cccnc23)n2nnc3ccccc32)CC1. The highest BCUT2D eigenvalue weighted by Gasteiger charge is 2.29. The summed E-state index contributed by atoms with van der Waals surface area (Å²) in [5.41, 5.74) is 4.16. The second kappa shape index (κ2) is 8.95. The van der Waals surface area contributed by atoms with Gasteiger partial charge in [0.2, 0.25) is 0 Å². The highest BCUT2D eigenvalue weighted by molar-refractivity contribution is 7.13. The zero-order valence-electron chi connectivity index (χ0n) is 16.9. The van der Waals surface area contributed by atoms with Gasteiger partial charge in [0, 0.05) is 43.3 Å². The smallest absolute Gasteiger partial charge is 0.134 e. The van der Waals surface area contributed by atoms with E-state index in [4.69, 9.17) is 4.98 Å². The topological polar surface area (TPSA) is 50.1 Å². The molecule has 2 atom stereocenters. The molecule has 4 aromatic rings. The Kier molecular flexibility index (Phi) is 6.14. The largest absolute Gasteiger partial charge is 0.285 e. The number of hydrogen-bond acceptors (Lipinski definition) is 5. The van der Waals surface area contributed by atoms with E-state index in [0.29, 0.717) is 0 Å². The molecule has 0 bridgehead atoms. The average Bonchev–Trinajstić information content (AvgIpc) is 3.21. The van der Waals surface area contributed by atoms with Crippen LogP contribution in [0.4, 0.5) is 0 Å². The molecule has 0 radical (unpaired) electrons. The van der Waals surface area contributed by atoms with Crippen molar-refractivity contribution in [3.8, 4) is 0 Å². The summed E-state index contributed by atoms with van der Waals surface area (Å²) in [4.78, 5) is 7.18. The molecule has 0 amide bonds. The second-order valence-electron chi connectivity index (χ2n) is 6.89. The number of nitrogens with zero attached hydrogens (tertiary/aromatic N) is 6. The fourth-order valence-corrected chi connectivity index (χ4v) is 4.10. The van der Waals surface area contributed by atoms with Crippen molar-refractivity contribution in [1.29, 1.82) is 0 Å². The fourth-order valence-electron chi connectivity index (χ4n) is 3.87. The van der Waals surface area contributed by atoms with E-state index >= 15 is 0 Å². The first-order valence-electron chi connectivity index (χ1n) is 10.2. The van der Waals surface area contributed by atoms with Crippen LogP contribution >= 0.6 is 9.39 Å². The van der Waals surface area contributed by atoms with Crippen molar-refractivity contribution in [1.82, 2.24) is 29.5 Å². The minimum absolute atomic E-state index is 0.0327. The zero-order chi connectivity index (χ0) is 20.2. The lowest BCUT2D eigenvalue weighted by atomic mass is 10.1. The van der Waals surface area contributed by atoms with Gasteiger partial charge < -0.3 is 0 Å². The quantitative estimate of drug-likeness (QED) is 0.482. The van der Waals surface area contributed by atoms with E-state index in [-0.39, 0.29) is 6.17 Å². The predicted octanol–water partition coefficient (Wildman–Crippen LogP) is 3.96. The van der Waals surface area contributed by atoms with Crippen molar-refractivity contribution < 1.29 is 0 Å². The van der Waals surface area contributed by atoms with E-state index in [9.17, 15) is 0 Å². The first-order chi connectivity index (χ1) is 14.3. The van der Waals surface area contributed by atoms with Gasteiger partial charge in [-0.05, 0) is 18.2 Å². The monoisotopic (exact) mass is 406 g/mol. The summed E-state index contributed by atoms with van der Waals surface area (Å²) in [5.74, 6) is 0. The first-order valence-corrected chi connectivity index (χ1v) is 10.7. The number of fused-ring (bicyclic) bond motifs is 2. The summed E-state index contributed by atoms with van der Waals surface area (Å²) >= 11 is 0. The number of aromatic nitrogens is 4. The average molecular weight is 406 g/mol. The predicted molar refractivity (Wildman–Crippen MR) is 122 cm³/mol. The van der Waals surface area contributed by atoms with Gasteiger partial charge >= 0.3 is 0 Å². The molecule has 0 N–H and O–H groups in total. The van der Waals surface area contributed by atoms with Gasteiger partial charge in [-0.1, -0.05) is 64.8 Å². The molecule has 1 fully saturated rings. The van der Waals surface area contributed by atoms with Crippen LogP contribution in [0.5, 0.6) is 0 Å². The number of benzene rings is 2. The molecular formula is C22H27N6P. The third kappa shape index (κ3) is 3.88. The highest BCUT2D eigenvalue weighted by atomic mass is 31.0. The maximum absolute atomic E-state index is 4.70. The van der Waals surface area contributed by atoms with Crippen LogP contribution in [0.25, 0.3) is 21.9 Å². The van der Waals surface area contributed by atoms with Crippen molar-refractivity contribution in [2.24, 2.45) is 0 Å². The Bertz CT molecular complexity index is 1080. The Morgan fingerprint density at radius 3 is 2.48 bits per heavy atom. The number of rotatable bonds is 3. The Hall–Kier alpha value is -2.40. The summed E-state index contributed by atoms with van der Waals surface area (Å²) in [6.07, 6.45) is 1.83. The zero-order valence-corrected chi connectivity index (χ0v) is 18.1. The van der Waals surface area contributed by atoms with Crippen LogP contribution in [0.15, 0.2) is 60.8 Å². The van der Waals surface area contributed by atoms with Crippen molar-refractivity contribution in [3.05, 3.63) is 66.4 Å². The molecular weight excluding hydrogens is 379 g/mol. The van der Waals surface area contributed by atoms with Crippen molar-refractivity contribution in [2.45, 2.75) is 20.0 Å². The molecule has 1 aliphatic rings. The lowest BCUT2D eigenvalue weighted by molar-refractivity contribution is 0.117. The number of hydrogen-bond donors (Lipinski definition) is 0. The minimum atomic E-state index is -0.0327. The molecule has 3 heterocycles. The van der Waals surface area contributed by atoms with Gasteiger partial charge in [-0.15, -0.1) is 5.10 Å². The Balaban J connectivity index is 0.000000994. The normalized spacial score (nSPS) is 16.5. The highest BCUT2D eigenvalue weighted by Crippen LogP contribution is 2.31. The molecule has 2 unspecified atom stereocenters. The third-order valence-electron chi connectivity index (χ3n) is 5.25. The molecule has 5 rings (SSSR count). The van der Waals surface area contributed by atoms with E-state index < -0.39 is 0 Å². The van der Waals surface area contributed by atoms with Gasteiger partial charge in [0.25, 0.3) is 0 Å². The fraction of sp³-hybridized carbons (Fsp3) is 0.318. The van der Waals surface area contributed by atoms with E-state index in [1.807, 2.05) is 44.3 Å². The van der Waals surface area contributed by atoms with Crippen LogP contribution in [0.3, 0.4) is 0 Å². The van der Waals surface area contributed by atoms with Crippen molar-refractivity contribution in [2.75, 3.05) is 26.2 Å². The molecule has 0 aliphatic carbocycles. The summed E-state index contributed by atoms with van der Waals surface area (Å²) in [6.45, 7) is 7.94. The molecule has 1 saturated heterocycles. The summed E-state index contributed by atoms with van der Waals surface area (Å²) < 4.78 is 4.34. The summed E-state index contributed by atoms with van der Waals surface area (Å²) in [5, 5.41) is 10.1. The molecule has 0 saturated carbocycles. The van der Waals surface area contributed by atoms with E-state index in [2.05, 4.69) is 64.3 Å². The molecule has 29 heavy (non-hydrogen) atoms. The number of piperazine rings is 1. The molecule has 0 spiro atoms. The molecule has 6 nitrogen and oxygen atoms in total. The van der Waals surface area contributed by atoms with Crippen LogP contribution in [-0.4, -0.2) is 55.7 Å². The van der Waals surface area contributed by atoms with Crippen molar-refractivity contribution in [3.63, 3.8) is 0 Å². The van der Waals surface area contributed by atoms with Crippen LogP contribution in [0, 0.1) is 0 Å². The van der Waals surface area contributed by atoms with Crippen LogP contribution in [-0.2, 0) is 0 Å². The summed E-state index contributed by atoms with van der Waals surface area (Å²) in [6, 6.07) is 18.6. The van der Waals surface area contributed by atoms with Gasteiger partial charge in [0.15, 0.2) is 0 Å². The number of para-hydroxylation sites is 2. The van der Waals surface area contributed by atoms with Crippen LogP contribution < -0.4 is 0 Å². The Labute approximate surface area is 173 Å². The lowest BCUT2D eigenvalue weighted by Gasteiger charge is -2.38. The second-order valence-corrected chi connectivity index (χ2v) is 7.62. The molecule has 2 aromatic heterocycles. The molecule has 7 heteroatoms. The van der Waals surface area contributed by atoms with Gasteiger partial charge in [0.1, 0.15) is 11.7 Å².